The highest BCUT2D eigenvalue weighted by Gasteiger charge is 2.31. The molecule has 0 aromatic rings. The van der Waals surface area contributed by atoms with Crippen molar-refractivity contribution in [3.8, 4) is 0 Å². The molecular formula is C4H6N2O3S. The Hall–Kier alpha value is -0.910. The minimum absolute atomic E-state index is 0.181. The summed E-state index contributed by atoms with van der Waals surface area (Å²) in [6, 6.07) is -0.823. The van der Waals surface area contributed by atoms with Gasteiger partial charge in [0.1, 0.15) is 10.8 Å². The van der Waals surface area contributed by atoms with E-state index in [1.807, 2.05) is 0 Å². The zero-order chi connectivity index (χ0) is 7.72. The number of amides is 3. The number of rotatable bonds is 0. The van der Waals surface area contributed by atoms with Crippen LogP contribution in [0.1, 0.15) is 0 Å². The van der Waals surface area contributed by atoms with Crippen LogP contribution in [0.3, 0.4) is 0 Å². The Kier molecular flexibility index (Phi) is 1.71. The van der Waals surface area contributed by atoms with Crippen molar-refractivity contribution in [2.24, 2.45) is 5.73 Å². The van der Waals surface area contributed by atoms with Crippen molar-refractivity contribution < 1.29 is 13.8 Å². The van der Waals surface area contributed by atoms with E-state index >= 15 is 0 Å². The van der Waals surface area contributed by atoms with Crippen molar-refractivity contribution in [1.82, 2.24) is 4.90 Å². The van der Waals surface area contributed by atoms with Crippen LogP contribution < -0.4 is 5.73 Å². The first-order chi connectivity index (χ1) is 4.63. The molecule has 0 aromatic carbocycles. The van der Waals surface area contributed by atoms with Crippen LogP contribution in [0.25, 0.3) is 0 Å². The van der Waals surface area contributed by atoms with E-state index in [-0.39, 0.29) is 12.3 Å². The van der Waals surface area contributed by atoms with Crippen LogP contribution in [-0.2, 0) is 10.8 Å². The second-order valence-electron chi connectivity index (χ2n) is 1.81. The predicted octanol–water partition coefficient (Wildman–Crippen LogP) is -0.751. The zero-order valence-electron chi connectivity index (χ0n) is 5.07. The van der Waals surface area contributed by atoms with Gasteiger partial charge in [-0.15, -0.1) is 0 Å². The number of hydrogen-bond acceptors (Lipinski definition) is 3. The van der Waals surface area contributed by atoms with Gasteiger partial charge in [0.25, 0.3) is 0 Å². The number of primary amides is 1. The van der Waals surface area contributed by atoms with Crippen molar-refractivity contribution in [3.05, 3.63) is 0 Å². The first-order valence-corrected chi connectivity index (χ1v) is 3.94. The van der Waals surface area contributed by atoms with Crippen molar-refractivity contribution in [2.75, 3.05) is 12.3 Å². The fourth-order valence-corrected chi connectivity index (χ4v) is 1.63. The highest BCUT2D eigenvalue weighted by molar-refractivity contribution is 8.00. The van der Waals surface area contributed by atoms with Gasteiger partial charge in [-0.2, -0.15) is 0 Å². The average molecular weight is 162 g/mol. The van der Waals surface area contributed by atoms with Gasteiger partial charge in [0.15, 0.2) is 0 Å². The van der Waals surface area contributed by atoms with E-state index in [2.05, 4.69) is 0 Å². The molecule has 2 N–H and O–H groups in total. The van der Waals surface area contributed by atoms with Gasteiger partial charge in [0, 0.05) is 6.54 Å². The van der Waals surface area contributed by atoms with Gasteiger partial charge in [0.05, 0.1) is 5.75 Å². The third kappa shape index (κ3) is 1.02. The fourth-order valence-electron chi connectivity index (χ4n) is 0.676. The Balaban J connectivity index is 2.76. The second-order valence-corrected chi connectivity index (χ2v) is 3.25. The minimum Gasteiger partial charge on any atom is -0.351 e. The van der Waals surface area contributed by atoms with Gasteiger partial charge in [-0.3, -0.25) is 9.69 Å². The summed E-state index contributed by atoms with van der Waals surface area (Å²) in [6.07, 6.45) is 0. The maximum atomic E-state index is 10.7. The molecule has 1 aliphatic rings. The summed E-state index contributed by atoms with van der Waals surface area (Å²) in [6.45, 7) is 0.181. The number of imide groups is 1. The standard InChI is InChI=1S/C4H6N2O3S/c5-3(7)6-1-2-10(9)4(6)8/h1-2H2,(H2,5,7). The molecule has 1 atom stereocenters. The van der Waals surface area contributed by atoms with Crippen LogP contribution >= 0.6 is 0 Å². The highest BCUT2D eigenvalue weighted by Crippen LogP contribution is 2.05. The lowest BCUT2D eigenvalue weighted by Crippen LogP contribution is -2.36. The molecule has 1 unspecified atom stereocenters. The molecule has 1 aliphatic heterocycles. The van der Waals surface area contributed by atoms with Gasteiger partial charge < -0.3 is 5.73 Å². The molecule has 0 aromatic heterocycles. The van der Waals surface area contributed by atoms with Gasteiger partial charge in [-0.1, -0.05) is 0 Å². The number of nitrogens with zero attached hydrogens (tertiary/aromatic N) is 1. The van der Waals surface area contributed by atoms with Crippen LogP contribution in [0.5, 0.6) is 0 Å². The minimum atomic E-state index is -1.53. The normalized spacial score (nSPS) is 25.4. The van der Waals surface area contributed by atoms with E-state index < -0.39 is 22.1 Å². The lowest BCUT2D eigenvalue weighted by Gasteiger charge is -2.05. The lowest BCUT2D eigenvalue weighted by atomic mass is 10.6. The van der Waals surface area contributed by atoms with Crippen molar-refractivity contribution in [1.29, 1.82) is 0 Å². The third-order valence-electron chi connectivity index (χ3n) is 1.18. The fraction of sp³-hybridized carbons (Fsp3) is 0.500. The zero-order valence-corrected chi connectivity index (χ0v) is 5.89. The number of nitrogens with two attached hydrogens (primary N) is 1. The first-order valence-electron chi connectivity index (χ1n) is 2.62. The molecule has 0 saturated carbocycles. The van der Waals surface area contributed by atoms with Crippen LogP contribution in [0.2, 0.25) is 0 Å². The molecule has 10 heavy (non-hydrogen) atoms. The smallest absolute Gasteiger partial charge is 0.322 e. The SMILES string of the molecule is NC(=O)N1CCS(=O)C1=O. The summed E-state index contributed by atoms with van der Waals surface area (Å²) in [7, 11) is -1.53. The molecule has 5 nitrogen and oxygen atoms in total. The maximum absolute atomic E-state index is 10.7. The van der Waals surface area contributed by atoms with Gasteiger partial charge in [-0.05, 0) is 0 Å². The molecule has 0 spiro atoms. The number of carbonyl (C=O) groups excluding carboxylic acids is 2. The summed E-state index contributed by atoms with van der Waals surface area (Å²) < 4.78 is 10.6. The molecule has 1 rings (SSSR count). The molecule has 0 radical (unpaired) electrons. The molecule has 0 bridgehead atoms. The summed E-state index contributed by atoms with van der Waals surface area (Å²) in [4.78, 5) is 21.8. The summed E-state index contributed by atoms with van der Waals surface area (Å²) >= 11 is 0. The van der Waals surface area contributed by atoms with Crippen LogP contribution in [0, 0.1) is 0 Å². The predicted molar refractivity (Wildman–Crippen MR) is 34.7 cm³/mol. The van der Waals surface area contributed by atoms with Gasteiger partial charge in [-0.25, -0.2) is 9.00 Å². The Morgan fingerprint density at radius 2 is 2.30 bits per heavy atom. The lowest BCUT2D eigenvalue weighted by molar-refractivity contribution is 0.210. The summed E-state index contributed by atoms with van der Waals surface area (Å²) in [5.41, 5.74) is 4.78. The molecule has 0 aliphatic carbocycles. The van der Waals surface area contributed by atoms with Crippen molar-refractivity contribution in [3.63, 3.8) is 0 Å². The number of hydrogen-bond donors (Lipinski definition) is 1. The van der Waals surface area contributed by atoms with Crippen LogP contribution in [0.4, 0.5) is 9.59 Å². The van der Waals surface area contributed by atoms with E-state index in [4.69, 9.17) is 5.73 Å². The Morgan fingerprint density at radius 3 is 2.50 bits per heavy atom. The Morgan fingerprint density at radius 1 is 1.70 bits per heavy atom. The molecular weight excluding hydrogens is 156 g/mol. The molecule has 1 saturated heterocycles. The van der Waals surface area contributed by atoms with Gasteiger partial charge >= 0.3 is 11.3 Å². The topological polar surface area (TPSA) is 80.5 Å². The maximum Gasteiger partial charge on any atom is 0.322 e. The van der Waals surface area contributed by atoms with E-state index in [1.165, 1.54) is 0 Å². The molecule has 56 valence electrons. The molecule has 1 heterocycles. The van der Waals surface area contributed by atoms with E-state index in [0.717, 1.165) is 4.90 Å². The second kappa shape index (κ2) is 2.37. The van der Waals surface area contributed by atoms with Gasteiger partial charge in [0.2, 0.25) is 0 Å². The number of carbonyl (C=O) groups is 2. The third-order valence-corrected chi connectivity index (χ3v) is 2.34. The quantitative estimate of drug-likeness (QED) is 0.508. The number of urea groups is 1. The van der Waals surface area contributed by atoms with Crippen LogP contribution in [-0.4, -0.2) is 32.7 Å². The summed E-state index contributed by atoms with van der Waals surface area (Å²) in [5, 5.41) is -0.674. The van der Waals surface area contributed by atoms with Crippen molar-refractivity contribution >= 4 is 22.1 Å². The highest BCUT2D eigenvalue weighted by atomic mass is 32.2. The Bertz CT molecular complexity index is 215. The van der Waals surface area contributed by atoms with Crippen LogP contribution in [0.15, 0.2) is 0 Å². The molecule has 3 amide bonds. The van der Waals surface area contributed by atoms with E-state index in [9.17, 15) is 13.8 Å². The molecule has 6 heteroatoms. The molecule has 1 fully saturated rings. The van der Waals surface area contributed by atoms with E-state index in [0.29, 0.717) is 0 Å². The summed E-state index contributed by atoms with van der Waals surface area (Å²) in [5.74, 6) is 0.210. The average Bonchev–Trinajstić information content (AvgIpc) is 2.14. The van der Waals surface area contributed by atoms with E-state index in [1.54, 1.807) is 0 Å². The Labute approximate surface area is 59.6 Å². The van der Waals surface area contributed by atoms with Crippen molar-refractivity contribution in [2.45, 2.75) is 0 Å². The first kappa shape index (κ1) is 7.20. The largest absolute Gasteiger partial charge is 0.351 e. The monoisotopic (exact) mass is 162 g/mol.